The number of hydrogen-bond donors (Lipinski definition) is 2. The van der Waals surface area contributed by atoms with Crippen LogP contribution in [0.1, 0.15) is 37.4 Å². The molecule has 1 aromatic carbocycles. The Labute approximate surface area is 112 Å². The van der Waals surface area contributed by atoms with Crippen molar-refractivity contribution in [3.8, 4) is 0 Å². The van der Waals surface area contributed by atoms with Gasteiger partial charge in [-0.3, -0.25) is 0 Å². The van der Waals surface area contributed by atoms with Crippen LogP contribution in [0.25, 0.3) is 0 Å². The summed E-state index contributed by atoms with van der Waals surface area (Å²) in [5.74, 6) is 0. The SMILES string of the molecule is NCC1(C(O)c2c(Cl)cccc2Cl)CCCC1. The maximum atomic E-state index is 10.6. The minimum absolute atomic E-state index is 0.255. The summed E-state index contributed by atoms with van der Waals surface area (Å²) in [6.07, 6.45) is 3.42. The summed E-state index contributed by atoms with van der Waals surface area (Å²) in [6, 6.07) is 5.29. The second kappa shape index (κ2) is 5.15. The van der Waals surface area contributed by atoms with Gasteiger partial charge in [-0.25, -0.2) is 0 Å². The average Bonchev–Trinajstić information content (AvgIpc) is 2.78. The number of benzene rings is 1. The summed E-state index contributed by atoms with van der Waals surface area (Å²) in [6.45, 7) is 0.468. The Kier molecular flexibility index (Phi) is 3.99. The smallest absolute Gasteiger partial charge is 0.0887 e. The molecule has 0 spiro atoms. The zero-order chi connectivity index (χ0) is 12.5. The van der Waals surface area contributed by atoms with E-state index in [0.717, 1.165) is 25.7 Å². The van der Waals surface area contributed by atoms with Crippen LogP contribution in [-0.4, -0.2) is 11.7 Å². The zero-order valence-electron chi connectivity index (χ0n) is 9.63. The molecule has 2 rings (SSSR count). The van der Waals surface area contributed by atoms with Crippen molar-refractivity contribution in [1.29, 1.82) is 0 Å². The van der Waals surface area contributed by atoms with Crippen molar-refractivity contribution in [2.24, 2.45) is 11.1 Å². The maximum Gasteiger partial charge on any atom is 0.0887 e. The first-order valence-corrected chi connectivity index (χ1v) is 6.68. The summed E-state index contributed by atoms with van der Waals surface area (Å²) in [4.78, 5) is 0. The van der Waals surface area contributed by atoms with E-state index in [1.165, 1.54) is 0 Å². The largest absolute Gasteiger partial charge is 0.388 e. The number of nitrogens with two attached hydrogens (primary N) is 1. The fraction of sp³-hybridized carbons (Fsp3) is 0.538. The molecule has 0 heterocycles. The molecule has 0 bridgehead atoms. The third-order valence-corrected chi connectivity index (χ3v) is 4.52. The summed E-state index contributed by atoms with van der Waals surface area (Å²) in [7, 11) is 0. The highest BCUT2D eigenvalue weighted by molar-refractivity contribution is 6.36. The Morgan fingerprint density at radius 3 is 2.24 bits per heavy atom. The van der Waals surface area contributed by atoms with Crippen LogP contribution in [0.3, 0.4) is 0 Å². The van der Waals surface area contributed by atoms with Crippen LogP contribution in [0.15, 0.2) is 18.2 Å². The first kappa shape index (κ1) is 13.2. The van der Waals surface area contributed by atoms with Gasteiger partial charge in [-0.15, -0.1) is 0 Å². The average molecular weight is 274 g/mol. The Balaban J connectivity index is 2.39. The number of halogens is 2. The molecule has 1 aliphatic rings. The lowest BCUT2D eigenvalue weighted by atomic mass is 9.77. The molecule has 1 unspecified atom stereocenters. The monoisotopic (exact) mass is 273 g/mol. The number of aliphatic hydroxyl groups is 1. The van der Waals surface area contributed by atoms with Crippen LogP contribution in [0.5, 0.6) is 0 Å². The molecule has 1 aromatic rings. The number of aliphatic hydroxyl groups excluding tert-OH is 1. The van der Waals surface area contributed by atoms with Gasteiger partial charge < -0.3 is 10.8 Å². The van der Waals surface area contributed by atoms with Crippen LogP contribution in [0, 0.1) is 5.41 Å². The molecular weight excluding hydrogens is 257 g/mol. The minimum atomic E-state index is -0.670. The zero-order valence-corrected chi connectivity index (χ0v) is 11.1. The predicted molar refractivity (Wildman–Crippen MR) is 71.4 cm³/mol. The molecule has 1 aliphatic carbocycles. The van der Waals surface area contributed by atoms with Crippen LogP contribution in [0.2, 0.25) is 10.0 Å². The normalized spacial score (nSPS) is 20.5. The van der Waals surface area contributed by atoms with Crippen LogP contribution in [-0.2, 0) is 0 Å². The van der Waals surface area contributed by atoms with Gasteiger partial charge in [0.15, 0.2) is 0 Å². The van der Waals surface area contributed by atoms with Gasteiger partial charge in [0.2, 0.25) is 0 Å². The van der Waals surface area contributed by atoms with Gasteiger partial charge in [0, 0.05) is 27.6 Å². The van der Waals surface area contributed by atoms with Crippen molar-refractivity contribution in [3.05, 3.63) is 33.8 Å². The molecule has 0 aromatic heterocycles. The Morgan fingerprint density at radius 2 is 1.76 bits per heavy atom. The van der Waals surface area contributed by atoms with Gasteiger partial charge >= 0.3 is 0 Å². The van der Waals surface area contributed by atoms with Crippen LogP contribution in [0.4, 0.5) is 0 Å². The second-order valence-electron chi connectivity index (χ2n) is 4.81. The van der Waals surface area contributed by atoms with E-state index in [-0.39, 0.29) is 5.41 Å². The number of rotatable bonds is 3. The third kappa shape index (κ3) is 2.32. The molecule has 1 fully saturated rings. The van der Waals surface area contributed by atoms with Crippen molar-refractivity contribution in [1.82, 2.24) is 0 Å². The molecule has 94 valence electrons. The molecule has 1 saturated carbocycles. The first-order chi connectivity index (χ1) is 8.10. The highest BCUT2D eigenvalue weighted by Crippen LogP contribution is 2.49. The summed E-state index contributed by atoms with van der Waals surface area (Å²) in [5, 5.41) is 11.6. The van der Waals surface area contributed by atoms with E-state index >= 15 is 0 Å². The lowest BCUT2D eigenvalue weighted by molar-refractivity contribution is 0.0335. The molecule has 3 N–H and O–H groups in total. The van der Waals surface area contributed by atoms with E-state index in [0.29, 0.717) is 22.2 Å². The van der Waals surface area contributed by atoms with Gasteiger partial charge in [0.05, 0.1) is 6.10 Å². The predicted octanol–water partition coefficient (Wildman–Crippen LogP) is 3.55. The van der Waals surface area contributed by atoms with Crippen molar-refractivity contribution in [3.63, 3.8) is 0 Å². The fourth-order valence-electron chi connectivity index (χ4n) is 2.75. The lowest BCUT2D eigenvalue weighted by Crippen LogP contribution is -2.34. The molecule has 2 nitrogen and oxygen atoms in total. The standard InChI is InChI=1S/C13H17Cl2NO/c14-9-4-3-5-10(15)11(9)12(17)13(8-16)6-1-2-7-13/h3-5,12,17H,1-2,6-8,16H2. The van der Waals surface area contributed by atoms with Gasteiger partial charge in [0.25, 0.3) is 0 Å². The Hall–Kier alpha value is -0.280. The summed E-state index contributed by atoms with van der Waals surface area (Å²) in [5.41, 5.74) is 6.23. The highest BCUT2D eigenvalue weighted by Gasteiger charge is 2.41. The topological polar surface area (TPSA) is 46.2 Å². The second-order valence-corrected chi connectivity index (χ2v) is 5.63. The number of hydrogen-bond acceptors (Lipinski definition) is 2. The van der Waals surface area contributed by atoms with Crippen molar-refractivity contribution in [2.45, 2.75) is 31.8 Å². The maximum absolute atomic E-state index is 10.6. The van der Waals surface area contributed by atoms with Crippen LogP contribution >= 0.6 is 23.2 Å². The van der Waals surface area contributed by atoms with E-state index in [1.54, 1.807) is 18.2 Å². The van der Waals surface area contributed by atoms with Gasteiger partial charge in [-0.1, -0.05) is 42.1 Å². The van der Waals surface area contributed by atoms with Gasteiger partial charge in [-0.05, 0) is 25.0 Å². The van der Waals surface area contributed by atoms with Crippen molar-refractivity contribution >= 4 is 23.2 Å². The molecule has 1 atom stereocenters. The lowest BCUT2D eigenvalue weighted by Gasteiger charge is -2.34. The molecular formula is C13H17Cl2NO. The van der Waals surface area contributed by atoms with Crippen molar-refractivity contribution in [2.75, 3.05) is 6.54 Å². The molecule has 4 heteroatoms. The molecule has 17 heavy (non-hydrogen) atoms. The summed E-state index contributed by atoms with van der Waals surface area (Å²) < 4.78 is 0. The van der Waals surface area contributed by atoms with E-state index in [1.807, 2.05) is 0 Å². The summed E-state index contributed by atoms with van der Waals surface area (Å²) >= 11 is 12.3. The third-order valence-electron chi connectivity index (χ3n) is 3.86. The Bertz CT molecular complexity index is 382. The Morgan fingerprint density at radius 1 is 1.24 bits per heavy atom. The van der Waals surface area contributed by atoms with Crippen LogP contribution < -0.4 is 5.73 Å². The van der Waals surface area contributed by atoms with E-state index < -0.39 is 6.10 Å². The molecule has 0 aliphatic heterocycles. The van der Waals surface area contributed by atoms with Crippen molar-refractivity contribution < 1.29 is 5.11 Å². The molecule has 0 saturated heterocycles. The van der Waals surface area contributed by atoms with E-state index in [2.05, 4.69) is 0 Å². The molecule has 0 amide bonds. The quantitative estimate of drug-likeness (QED) is 0.885. The minimum Gasteiger partial charge on any atom is -0.388 e. The fourth-order valence-corrected chi connectivity index (χ4v) is 3.35. The van der Waals surface area contributed by atoms with E-state index in [4.69, 9.17) is 28.9 Å². The van der Waals surface area contributed by atoms with Gasteiger partial charge in [0.1, 0.15) is 0 Å². The first-order valence-electron chi connectivity index (χ1n) is 5.93. The highest BCUT2D eigenvalue weighted by atomic mass is 35.5. The van der Waals surface area contributed by atoms with Gasteiger partial charge in [-0.2, -0.15) is 0 Å². The molecule has 0 radical (unpaired) electrons. The van der Waals surface area contributed by atoms with E-state index in [9.17, 15) is 5.11 Å².